The summed E-state index contributed by atoms with van der Waals surface area (Å²) in [6.45, 7) is 0. The Morgan fingerprint density at radius 3 is 2.37 bits per heavy atom. The lowest BCUT2D eigenvalue weighted by atomic mass is 9.81. The molecule has 0 radical (unpaired) electrons. The number of rotatable bonds is 3. The molecule has 4 aromatic rings. The normalized spacial score (nSPS) is 18.3. The van der Waals surface area contributed by atoms with Crippen molar-refractivity contribution in [3.63, 3.8) is 0 Å². The van der Waals surface area contributed by atoms with Gasteiger partial charge < -0.3 is 5.32 Å². The third kappa shape index (κ3) is 2.51. The van der Waals surface area contributed by atoms with Crippen molar-refractivity contribution in [1.29, 1.82) is 0 Å². The van der Waals surface area contributed by atoms with Crippen LogP contribution in [0.15, 0.2) is 91.0 Å². The minimum absolute atomic E-state index is 0.0965. The van der Waals surface area contributed by atoms with E-state index in [1.54, 1.807) is 0 Å². The number of ketones is 1. The highest BCUT2D eigenvalue weighted by molar-refractivity contribution is 6.13. The molecule has 3 heteroatoms. The molecule has 1 aromatic heterocycles. The molecular weight excluding hydrogens is 332 g/mol. The zero-order valence-electron chi connectivity index (χ0n) is 14.7. The van der Waals surface area contributed by atoms with Crippen molar-refractivity contribution in [2.75, 3.05) is 5.32 Å². The van der Waals surface area contributed by atoms with Gasteiger partial charge in [0.25, 0.3) is 0 Å². The number of aromatic nitrogens is 1. The van der Waals surface area contributed by atoms with Gasteiger partial charge in [-0.05, 0) is 29.8 Å². The van der Waals surface area contributed by atoms with Gasteiger partial charge in [-0.25, -0.2) is 0 Å². The van der Waals surface area contributed by atoms with E-state index in [4.69, 9.17) is 4.98 Å². The number of nitrogens with one attached hydrogen (secondary N) is 1. The number of fused-ring (bicyclic) bond motifs is 2. The topological polar surface area (TPSA) is 42.0 Å². The molecule has 1 N–H and O–H groups in total. The first-order chi connectivity index (χ1) is 13.3. The van der Waals surface area contributed by atoms with Gasteiger partial charge >= 0.3 is 0 Å². The number of Topliss-reactive ketones (excluding diaryl/α,β-unsaturated/α-hetero) is 1. The van der Waals surface area contributed by atoms with Crippen LogP contribution in [0.3, 0.4) is 0 Å². The van der Waals surface area contributed by atoms with Crippen molar-refractivity contribution in [2.24, 2.45) is 0 Å². The zero-order chi connectivity index (χ0) is 18.3. The fourth-order valence-electron chi connectivity index (χ4n) is 3.94. The van der Waals surface area contributed by atoms with Crippen LogP contribution in [-0.4, -0.2) is 10.8 Å². The lowest BCUT2D eigenvalue weighted by Gasteiger charge is -2.29. The van der Waals surface area contributed by atoms with Crippen LogP contribution in [0.5, 0.6) is 0 Å². The van der Waals surface area contributed by atoms with Gasteiger partial charge in [-0.2, -0.15) is 0 Å². The first-order valence-electron chi connectivity index (χ1n) is 9.08. The number of hydrogen-bond donors (Lipinski definition) is 1. The quantitative estimate of drug-likeness (QED) is 0.566. The maximum absolute atomic E-state index is 13.5. The largest absolute Gasteiger partial charge is 0.368 e. The summed E-state index contributed by atoms with van der Waals surface area (Å²) in [4.78, 5) is 18.3. The third-order valence-corrected chi connectivity index (χ3v) is 5.28. The average molecular weight is 350 g/mol. The summed E-state index contributed by atoms with van der Waals surface area (Å²) < 4.78 is 0. The van der Waals surface area contributed by atoms with E-state index in [0.717, 1.165) is 33.4 Å². The summed E-state index contributed by atoms with van der Waals surface area (Å²) in [5.74, 6) is 0.0965. The monoisotopic (exact) mass is 350 g/mol. The van der Waals surface area contributed by atoms with Crippen molar-refractivity contribution < 1.29 is 4.79 Å². The summed E-state index contributed by atoms with van der Waals surface area (Å²) in [7, 11) is 0. The van der Waals surface area contributed by atoms with E-state index in [1.807, 2.05) is 84.9 Å². The van der Waals surface area contributed by atoms with Crippen LogP contribution in [0.1, 0.15) is 21.6 Å². The number of anilines is 1. The molecular formula is C24H18N2O. The predicted molar refractivity (Wildman–Crippen MR) is 108 cm³/mol. The third-order valence-electron chi connectivity index (χ3n) is 5.28. The SMILES string of the molecule is O=C1c2ccccc2NC1(Cc1ccc2ccccc2n1)c1ccccc1. The fourth-order valence-corrected chi connectivity index (χ4v) is 3.94. The predicted octanol–water partition coefficient (Wildman–Crippen LogP) is 4.98. The second kappa shape index (κ2) is 6.06. The van der Waals surface area contributed by atoms with E-state index < -0.39 is 5.54 Å². The van der Waals surface area contributed by atoms with E-state index in [-0.39, 0.29) is 5.78 Å². The van der Waals surface area contributed by atoms with Gasteiger partial charge in [-0.3, -0.25) is 9.78 Å². The summed E-state index contributed by atoms with van der Waals surface area (Å²) in [5, 5.41) is 4.62. The smallest absolute Gasteiger partial charge is 0.195 e. The van der Waals surface area contributed by atoms with E-state index in [2.05, 4.69) is 11.4 Å². The average Bonchev–Trinajstić information content (AvgIpc) is 3.01. The molecule has 1 atom stereocenters. The summed E-state index contributed by atoms with van der Waals surface area (Å²) >= 11 is 0. The lowest BCUT2D eigenvalue weighted by molar-refractivity contribution is 0.0916. The molecule has 0 bridgehead atoms. The standard InChI is InChI=1S/C24H18N2O/c27-23-20-11-5-7-13-22(20)26-24(23,18-9-2-1-3-10-18)16-19-15-14-17-8-4-6-12-21(17)25-19/h1-15,26H,16H2. The van der Waals surface area contributed by atoms with Gasteiger partial charge in [-0.1, -0.05) is 66.7 Å². The summed E-state index contributed by atoms with van der Waals surface area (Å²) in [6, 6.07) is 29.8. The van der Waals surface area contributed by atoms with Gasteiger partial charge in [0.2, 0.25) is 0 Å². The number of pyridine rings is 1. The molecule has 5 rings (SSSR count). The lowest BCUT2D eigenvalue weighted by Crippen LogP contribution is -2.41. The zero-order valence-corrected chi connectivity index (χ0v) is 14.7. The highest BCUT2D eigenvalue weighted by atomic mass is 16.1. The number of benzene rings is 3. The van der Waals surface area contributed by atoms with Crippen LogP contribution in [0.2, 0.25) is 0 Å². The second-order valence-corrected chi connectivity index (χ2v) is 6.94. The maximum Gasteiger partial charge on any atom is 0.195 e. The van der Waals surface area contributed by atoms with E-state index in [0.29, 0.717) is 6.42 Å². The summed E-state index contributed by atoms with van der Waals surface area (Å²) in [5.41, 5.74) is 3.59. The Morgan fingerprint density at radius 1 is 0.778 bits per heavy atom. The van der Waals surface area contributed by atoms with Crippen molar-refractivity contribution in [3.8, 4) is 0 Å². The highest BCUT2D eigenvalue weighted by Gasteiger charge is 2.46. The number of carbonyl (C=O) groups is 1. The molecule has 2 heterocycles. The van der Waals surface area contributed by atoms with Crippen LogP contribution >= 0.6 is 0 Å². The Balaban J connectivity index is 1.64. The Bertz CT molecular complexity index is 1150. The Labute approximate surface area is 157 Å². The van der Waals surface area contributed by atoms with Crippen LogP contribution in [0.25, 0.3) is 10.9 Å². The van der Waals surface area contributed by atoms with Gasteiger partial charge in [0.1, 0.15) is 5.54 Å². The van der Waals surface area contributed by atoms with Gasteiger partial charge in [0.15, 0.2) is 5.78 Å². The van der Waals surface area contributed by atoms with E-state index in [1.165, 1.54) is 0 Å². The first-order valence-corrected chi connectivity index (χ1v) is 9.08. The molecule has 0 fully saturated rings. The molecule has 0 saturated heterocycles. The molecule has 0 aliphatic carbocycles. The number of nitrogens with zero attached hydrogens (tertiary/aromatic N) is 1. The second-order valence-electron chi connectivity index (χ2n) is 6.94. The van der Waals surface area contributed by atoms with Crippen LogP contribution in [0, 0.1) is 0 Å². The van der Waals surface area contributed by atoms with E-state index >= 15 is 0 Å². The van der Waals surface area contributed by atoms with Crippen molar-refractivity contribution in [3.05, 3.63) is 108 Å². The molecule has 3 nitrogen and oxygen atoms in total. The van der Waals surface area contributed by atoms with Crippen molar-refractivity contribution in [1.82, 2.24) is 4.98 Å². The molecule has 130 valence electrons. The van der Waals surface area contributed by atoms with Gasteiger partial charge in [-0.15, -0.1) is 0 Å². The van der Waals surface area contributed by atoms with Gasteiger partial charge in [0.05, 0.1) is 5.52 Å². The highest BCUT2D eigenvalue weighted by Crippen LogP contribution is 2.41. The Kier molecular flexibility index (Phi) is 3.54. The minimum atomic E-state index is -0.833. The summed E-state index contributed by atoms with van der Waals surface area (Å²) in [6.07, 6.45) is 0.495. The van der Waals surface area contributed by atoms with E-state index in [9.17, 15) is 4.79 Å². The molecule has 3 aromatic carbocycles. The molecule has 1 aliphatic heterocycles. The fraction of sp³-hybridized carbons (Fsp3) is 0.0833. The molecule has 0 saturated carbocycles. The molecule has 0 spiro atoms. The number of carbonyl (C=O) groups excluding carboxylic acids is 1. The van der Waals surface area contributed by atoms with Crippen LogP contribution in [0.4, 0.5) is 5.69 Å². The Morgan fingerprint density at radius 2 is 1.52 bits per heavy atom. The first kappa shape index (κ1) is 15.8. The minimum Gasteiger partial charge on any atom is -0.368 e. The van der Waals surface area contributed by atoms with Crippen LogP contribution in [-0.2, 0) is 12.0 Å². The maximum atomic E-state index is 13.5. The molecule has 1 aliphatic rings. The number of para-hydroxylation sites is 2. The number of hydrogen-bond acceptors (Lipinski definition) is 3. The molecule has 27 heavy (non-hydrogen) atoms. The molecule has 0 amide bonds. The Hall–Kier alpha value is -3.46. The van der Waals surface area contributed by atoms with Gasteiger partial charge in [0, 0.05) is 28.8 Å². The van der Waals surface area contributed by atoms with Crippen molar-refractivity contribution in [2.45, 2.75) is 12.0 Å². The van der Waals surface area contributed by atoms with Crippen molar-refractivity contribution >= 4 is 22.4 Å². The van der Waals surface area contributed by atoms with Crippen LogP contribution < -0.4 is 5.32 Å². The molecule has 1 unspecified atom stereocenters.